The van der Waals surface area contributed by atoms with Gasteiger partial charge in [0.05, 0.1) is 0 Å². The lowest BCUT2D eigenvalue weighted by atomic mass is 9.92. The molecule has 0 spiro atoms. The second-order valence-electron chi connectivity index (χ2n) is 5.03. The van der Waals surface area contributed by atoms with Crippen LogP contribution in [0.1, 0.15) is 32.6 Å². The van der Waals surface area contributed by atoms with E-state index in [4.69, 9.17) is 5.73 Å². The van der Waals surface area contributed by atoms with Crippen molar-refractivity contribution in [3.63, 3.8) is 0 Å². The first kappa shape index (κ1) is 13.1. The van der Waals surface area contributed by atoms with Crippen LogP contribution < -0.4 is 16.0 Å². The van der Waals surface area contributed by atoms with Gasteiger partial charge in [-0.1, -0.05) is 0 Å². The Hall–Kier alpha value is -1.36. The number of hydrogen-bond donors (Lipinski definition) is 2. The first-order chi connectivity index (χ1) is 8.69. The van der Waals surface area contributed by atoms with E-state index in [-0.39, 0.29) is 0 Å². The molecule has 0 amide bonds. The lowest BCUT2D eigenvalue weighted by Crippen LogP contribution is -2.33. The fourth-order valence-electron chi connectivity index (χ4n) is 2.27. The van der Waals surface area contributed by atoms with Crippen molar-refractivity contribution in [3.8, 4) is 0 Å². The van der Waals surface area contributed by atoms with Crippen molar-refractivity contribution < 1.29 is 0 Å². The SMILES string of the molecule is CCN(C)c1cc(NC2CCC(N)CC2)ncn1. The van der Waals surface area contributed by atoms with E-state index in [2.05, 4.69) is 27.1 Å². The highest BCUT2D eigenvalue weighted by molar-refractivity contribution is 5.48. The molecule has 1 aromatic rings. The number of nitrogens with one attached hydrogen (secondary N) is 1. The number of hydrogen-bond acceptors (Lipinski definition) is 5. The van der Waals surface area contributed by atoms with Crippen LogP contribution in [-0.4, -0.2) is 35.6 Å². The van der Waals surface area contributed by atoms with Crippen LogP contribution in [0.3, 0.4) is 0 Å². The molecule has 5 heteroatoms. The zero-order valence-electron chi connectivity index (χ0n) is 11.3. The molecule has 2 rings (SSSR count). The first-order valence-corrected chi connectivity index (χ1v) is 6.74. The summed E-state index contributed by atoms with van der Waals surface area (Å²) < 4.78 is 0. The monoisotopic (exact) mass is 249 g/mol. The van der Waals surface area contributed by atoms with Crippen molar-refractivity contribution in [2.24, 2.45) is 5.73 Å². The maximum atomic E-state index is 5.91. The molecule has 1 aliphatic rings. The van der Waals surface area contributed by atoms with Gasteiger partial charge in [0.1, 0.15) is 18.0 Å². The molecular weight excluding hydrogens is 226 g/mol. The minimum absolute atomic E-state index is 0.384. The number of nitrogens with two attached hydrogens (primary N) is 1. The summed E-state index contributed by atoms with van der Waals surface area (Å²) in [6, 6.07) is 2.90. The van der Waals surface area contributed by atoms with Gasteiger partial charge in [0.25, 0.3) is 0 Å². The summed E-state index contributed by atoms with van der Waals surface area (Å²) in [6.45, 7) is 3.05. The van der Waals surface area contributed by atoms with E-state index in [0.29, 0.717) is 12.1 Å². The summed E-state index contributed by atoms with van der Waals surface area (Å²) in [5.74, 6) is 1.88. The van der Waals surface area contributed by atoms with Gasteiger partial charge in [0.15, 0.2) is 0 Å². The highest BCUT2D eigenvalue weighted by Crippen LogP contribution is 2.21. The molecule has 0 bridgehead atoms. The smallest absolute Gasteiger partial charge is 0.133 e. The molecule has 0 atom stereocenters. The molecule has 1 fully saturated rings. The van der Waals surface area contributed by atoms with E-state index < -0.39 is 0 Å². The molecule has 18 heavy (non-hydrogen) atoms. The Morgan fingerprint density at radius 3 is 2.72 bits per heavy atom. The third-order valence-corrected chi connectivity index (χ3v) is 3.64. The fraction of sp³-hybridized carbons (Fsp3) is 0.692. The maximum absolute atomic E-state index is 5.91. The zero-order chi connectivity index (χ0) is 13.0. The Morgan fingerprint density at radius 2 is 2.06 bits per heavy atom. The van der Waals surface area contributed by atoms with Gasteiger partial charge < -0.3 is 16.0 Å². The summed E-state index contributed by atoms with van der Waals surface area (Å²) in [7, 11) is 2.03. The van der Waals surface area contributed by atoms with Crippen LogP contribution in [0.4, 0.5) is 11.6 Å². The summed E-state index contributed by atoms with van der Waals surface area (Å²) in [4.78, 5) is 10.7. The van der Waals surface area contributed by atoms with Crippen LogP contribution >= 0.6 is 0 Å². The van der Waals surface area contributed by atoms with Gasteiger partial charge in [0.2, 0.25) is 0 Å². The van der Waals surface area contributed by atoms with Crippen molar-refractivity contribution in [2.45, 2.75) is 44.7 Å². The van der Waals surface area contributed by atoms with Gasteiger partial charge in [-0.25, -0.2) is 9.97 Å². The number of anilines is 2. The van der Waals surface area contributed by atoms with Crippen molar-refractivity contribution in [1.82, 2.24) is 9.97 Å². The Balaban J connectivity index is 1.96. The average Bonchev–Trinajstić information content (AvgIpc) is 2.41. The van der Waals surface area contributed by atoms with E-state index in [9.17, 15) is 0 Å². The summed E-state index contributed by atoms with van der Waals surface area (Å²) in [5.41, 5.74) is 5.91. The molecular formula is C13H23N5. The Labute approximate surface area is 109 Å². The summed E-state index contributed by atoms with van der Waals surface area (Å²) in [5, 5.41) is 3.49. The van der Waals surface area contributed by atoms with Gasteiger partial charge in [0, 0.05) is 31.7 Å². The molecule has 0 aromatic carbocycles. The predicted molar refractivity (Wildman–Crippen MR) is 74.8 cm³/mol. The highest BCUT2D eigenvalue weighted by atomic mass is 15.2. The van der Waals surface area contributed by atoms with Crippen LogP contribution in [0.2, 0.25) is 0 Å². The van der Waals surface area contributed by atoms with Gasteiger partial charge in [-0.2, -0.15) is 0 Å². The van der Waals surface area contributed by atoms with E-state index >= 15 is 0 Å². The molecule has 0 unspecified atom stereocenters. The molecule has 0 aliphatic heterocycles. The molecule has 5 nitrogen and oxygen atoms in total. The molecule has 100 valence electrons. The van der Waals surface area contributed by atoms with E-state index in [1.54, 1.807) is 6.33 Å². The average molecular weight is 249 g/mol. The molecule has 1 saturated carbocycles. The summed E-state index contributed by atoms with van der Waals surface area (Å²) >= 11 is 0. The van der Waals surface area contributed by atoms with Gasteiger partial charge in [-0.3, -0.25) is 0 Å². The van der Waals surface area contributed by atoms with Crippen LogP contribution in [-0.2, 0) is 0 Å². The van der Waals surface area contributed by atoms with Crippen molar-refractivity contribution in [1.29, 1.82) is 0 Å². The van der Waals surface area contributed by atoms with Gasteiger partial charge in [-0.05, 0) is 32.6 Å². The molecule has 1 aliphatic carbocycles. The second kappa shape index (κ2) is 6.00. The Kier molecular flexibility index (Phi) is 4.36. The molecule has 0 radical (unpaired) electrons. The lowest BCUT2D eigenvalue weighted by molar-refractivity contribution is 0.410. The molecule has 1 aromatic heterocycles. The zero-order valence-corrected chi connectivity index (χ0v) is 11.3. The topological polar surface area (TPSA) is 67.1 Å². The van der Waals surface area contributed by atoms with Gasteiger partial charge in [-0.15, -0.1) is 0 Å². The third-order valence-electron chi connectivity index (χ3n) is 3.64. The van der Waals surface area contributed by atoms with Crippen LogP contribution in [0.5, 0.6) is 0 Å². The quantitative estimate of drug-likeness (QED) is 0.848. The molecule has 0 saturated heterocycles. The highest BCUT2D eigenvalue weighted by Gasteiger charge is 2.18. The second-order valence-corrected chi connectivity index (χ2v) is 5.03. The minimum Gasteiger partial charge on any atom is -0.367 e. The number of aromatic nitrogens is 2. The standard InChI is InChI=1S/C13H23N5/c1-3-18(2)13-8-12(15-9-16-13)17-11-6-4-10(14)5-7-11/h8-11H,3-7,14H2,1-2H3,(H,15,16,17). The van der Waals surface area contributed by atoms with Crippen LogP contribution in [0.15, 0.2) is 12.4 Å². The maximum Gasteiger partial charge on any atom is 0.133 e. The van der Waals surface area contributed by atoms with E-state index in [1.165, 1.54) is 0 Å². The minimum atomic E-state index is 0.384. The van der Waals surface area contributed by atoms with E-state index in [1.807, 2.05) is 13.1 Å². The van der Waals surface area contributed by atoms with E-state index in [0.717, 1.165) is 43.9 Å². The van der Waals surface area contributed by atoms with Crippen molar-refractivity contribution >= 4 is 11.6 Å². The first-order valence-electron chi connectivity index (χ1n) is 6.74. The molecule has 3 N–H and O–H groups in total. The van der Waals surface area contributed by atoms with Crippen LogP contribution in [0.25, 0.3) is 0 Å². The van der Waals surface area contributed by atoms with Crippen molar-refractivity contribution in [2.75, 3.05) is 23.8 Å². The summed E-state index contributed by atoms with van der Waals surface area (Å²) in [6.07, 6.45) is 6.08. The lowest BCUT2D eigenvalue weighted by Gasteiger charge is -2.27. The third kappa shape index (κ3) is 3.32. The fourth-order valence-corrected chi connectivity index (χ4v) is 2.27. The van der Waals surface area contributed by atoms with Gasteiger partial charge >= 0.3 is 0 Å². The van der Waals surface area contributed by atoms with Crippen LogP contribution in [0, 0.1) is 0 Å². The van der Waals surface area contributed by atoms with Crippen molar-refractivity contribution in [3.05, 3.63) is 12.4 Å². The number of nitrogens with zero attached hydrogens (tertiary/aromatic N) is 3. The largest absolute Gasteiger partial charge is 0.367 e. The predicted octanol–water partition coefficient (Wildman–Crippen LogP) is 1.61. The normalized spacial score (nSPS) is 23.7. The Bertz CT molecular complexity index is 373. The molecule has 1 heterocycles. The number of rotatable bonds is 4. The Morgan fingerprint density at radius 1 is 1.33 bits per heavy atom.